The maximum Gasteiger partial charge on any atom is 0.160 e. The number of nitrogens with zero attached hydrogens (tertiary/aromatic N) is 2. The first-order chi connectivity index (χ1) is 28.5. The molecule has 8 aromatic carbocycles. The smallest absolute Gasteiger partial charge is 0.160 e. The predicted molar refractivity (Wildman–Crippen MR) is 239 cm³/mol. The first-order valence-corrected chi connectivity index (χ1v) is 19.9. The number of fused-ring (bicyclic) bond motifs is 6. The lowest BCUT2D eigenvalue weighted by atomic mass is 9.81. The van der Waals surface area contributed by atoms with Crippen molar-refractivity contribution in [1.29, 1.82) is 0 Å². The summed E-state index contributed by atoms with van der Waals surface area (Å²) in [6.45, 7) is 4.69. The van der Waals surface area contributed by atoms with Gasteiger partial charge in [0.2, 0.25) is 0 Å². The van der Waals surface area contributed by atoms with Gasteiger partial charge in [-0.15, -0.1) is 0 Å². The lowest BCUT2D eigenvalue weighted by Crippen LogP contribution is -2.14. The van der Waals surface area contributed by atoms with Gasteiger partial charge in [-0.2, -0.15) is 0 Å². The Morgan fingerprint density at radius 2 is 0.948 bits per heavy atom. The van der Waals surface area contributed by atoms with Crippen molar-refractivity contribution in [3.63, 3.8) is 0 Å². The van der Waals surface area contributed by atoms with Crippen molar-refractivity contribution in [2.75, 3.05) is 0 Å². The Bertz CT molecular complexity index is 3140. The lowest BCUT2D eigenvalue weighted by molar-refractivity contribution is 0.660. The van der Waals surface area contributed by atoms with Crippen molar-refractivity contribution in [3.05, 3.63) is 205 Å². The molecule has 0 radical (unpaired) electrons. The molecular formula is C55H38N2O. The minimum atomic E-state index is -0.0974. The average molecular weight is 743 g/mol. The monoisotopic (exact) mass is 742 g/mol. The third-order valence-corrected chi connectivity index (χ3v) is 11.9. The van der Waals surface area contributed by atoms with Gasteiger partial charge in [0.25, 0.3) is 0 Å². The number of aromatic nitrogens is 2. The van der Waals surface area contributed by atoms with Crippen LogP contribution >= 0.6 is 0 Å². The van der Waals surface area contributed by atoms with Crippen molar-refractivity contribution < 1.29 is 4.42 Å². The van der Waals surface area contributed by atoms with E-state index in [1.54, 1.807) is 0 Å². The fourth-order valence-corrected chi connectivity index (χ4v) is 9.02. The average Bonchev–Trinajstić information content (AvgIpc) is 3.78. The molecule has 0 spiro atoms. The molecule has 274 valence electrons. The van der Waals surface area contributed by atoms with Crippen LogP contribution in [0, 0.1) is 0 Å². The molecule has 0 aliphatic heterocycles. The van der Waals surface area contributed by atoms with E-state index in [4.69, 9.17) is 14.4 Å². The van der Waals surface area contributed by atoms with Crippen LogP contribution in [0.25, 0.3) is 100 Å². The fraction of sp³-hybridized carbons (Fsp3) is 0.0545. The van der Waals surface area contributed by atoms with E-state index in [0.29, 0.717) is 5.82 Å². The maximum absolute atomic E-state index is 6.26. The zero-order valence-electron chi connectivity index (χ0n) is 32.3. The Kier molecular flexibility index (Phi) is 7.84. The Labute approximate surface area is 338 Å². The van der Waals surface area contributed by atoms with Gasteiger partial charge in [-0.25, -0.2) is 9.97 Å². The molecule has 3 heteroatoms. The van der Waals surface area contributed by atoms with E-state index >= 15 is 0 Å². The quantitative estimate of drug-likeness (QED) is 0.170. The second kappa shape index (κ2) is 13.4. The molecule has 11 rings (SSSR count). The SMILES string of the molecule is CC1(C)c2ccccc2-c2c(-c3ccccc3-c3cc(-c4ccc5oc6ccccc6c5c4)cc(-c4cc(-c5ccccc5)nc(-c5ccccc5)n4)c3)cccc21. The van der Waals surface area contributed by atoms with E-state index in [1.165, 1.54) is 33.4 Å². The van der Waals surface area contributed by atoms with Crippen molar-refractivity contribution in [2.45, 2.75) is 19.3 Å². The zero-order valence-corrected chi connectivity index (χ0v) is 32.3. The highest BCUT2D eigenvalue weighted by Crippen LogP contribution is 2.53. The van der Waals surface area contributed by atoms with Gasteiger partial charge in [0.1, 0.15) is 11.2 Å². The van der Waals surface area contributed by atoms with E-state index in [9.17, 15) is 0 Å². The largest absolute Gasteiger partial charge is 0.456 e. The molecule has 3 nitrogen and oxygen atoms in total. The molecule has 1 aliphatic carbocycles. The molecule has 2 aromatic heterocycles. The number of furan rings is 1. The summed E-state index contributed by atoms with van der Waals surface area (Å²) in [5.41, 5.74) is 18.7. The minimum Gasteiger partial charge on any atom is -0.456 e. The zero-order chi connectivity index (χ0) is 38.8. The molecular weight excluding hydrogens is 705 g/mol. The van der Waals surface area contributed by atoms with Crippen LogP contribution in [0.1, 0.15) is 25.0 Å². The molecule has 10 aromatic rings. The highest BCUT2D eigenvalue weighted by molar-refractivity contribution is 6.06. The van der Waals surface area contributed by atoms with Crippen LogP contribution in [0.5, 0.6) is 0 Å². The molecule has 0 saturated heterocycles. The first kappa shape index (κ1) is 33.9. The van der Waals surface area contributed by atoms with Gasteiger partial charge in [0.05, 0.1) is 11.4 Å². The van der Waals surface area contributed by atoms with E-state index in [0.717, 1.165) is 72.3 Å². The van der Waals surface area contributed by atoms with Crippen molar-refractivity contribution in [3.8, 4) is 78.4 Å². The molecule has 58 heavy (non-hydrogen) atoms. The van der Waals surface area contributed by atoms with Gasteiger partial charge in [0, 0.05) is 32.9 Å². The van der Waals surface area contributed by atoms with Crippen LogP contribution in [0.4, 0.5) is 0 Å². The molecule has 0 N–H and O–H groups in total. The molecule has 0 fully saturated rings. The Balaban J connectivity index is 1.16. The van der Waals surface area contributed by atoms with Crippen LogP contribution < -0.4 is 0 Å². The topological polar surface area (TPSA) is 38.9 Å². The van der Waals surface area contributed by atoms with Gasteiger partial charge < -0.3 is 4.42 Å². The Morgan fingerprint density at radius 3 is 1.76 bits per heavy atom. The second-order valence-corrected chi connectivity index (χ2v) is 15.7. The lowest BCUT2D eigenvalue weighted by Gasteiger charge is -2.22. The first-order valence-electron chi connectivity index (χ1n) is 19.9. The van der Waals surface area contributed by atoms with Crippen LogP contribution in [-0.2, 0) is 5.41 Å². The summed E-state index contributed by atoms with van der Waals surface area (Å²) in [5.74, 6) is 0.691. The summed E-state index contributed by atoms with van der Waals surface area (Å²) in [6.07, 6.45) is 0. The third-order valence-electron chi connectivity index (χ3n) is 11.9. The van der Waals surface area contributed by atoms with Crippen LogP contribution in [0.3, 0.4) is 0 Å². The number of rotatable bonds is 6. The number of hydrogen-bond acceptors (Lipinski definition) is 3. The summed E-state index contributed by atoms with van der Waals surface area (Å²) in [5, 5.41) is 2.21. The van der Waals surface area contributed by atoms with Crippen molar-refractivity contribution >= 4 is 21.9 Å². The van der Waals surface area contributed by atoms with Crippen molar-refractivity contribution in [2.24, 2.45) is 0 Å². The summed E-state index contributed by atoms with van der Waals surface area (Å²) in [6, 6.07) is 69.1. The van der Waals surface area contributed by atoms with Crippen LogP contribution in [0.15, 0.2) is 199 Å². The molecule has 0 bridgehead atoms. The van der Waals surface area contributed by atoms with Crippen LogP contribution in [0.2, 0.25) is 0 Å². The predicted octanol–water partition coefficient (Wildman–Crippen LogP) is 14.7. The molecule has 0 atom stereocenters. The molecule has 0 unspecified atom stereocenters. The highest BCUT2D eigenvalue weighted by Gasteiger charge is 2.36. The fourth-order valence-electron chi connectivity index (χ4n) is 9.02. The van der Waals surface area contributed by atoms with E-state index in [-0.39, 0.29) is 5.41 Å². The molecule has 2 heterocycles. The summed E-state index contributed by atoms with van der Waals surface area (Å²) < 4.78 is 6.26. The van der Waals surface area contributed by atoms with Crippen LogP contribution in [-0.4, -0.2) is 9.97 Å². The maximum atomic E-state index is 6.26. The normalized spacial score (nSPS) is 12.8. The van der Waals surface area contributed by atoms with E-state index in [1.807, 2.05) is 36.4 Å². The van der Waals surface area contributed by atoms with Gasteiger partial charge in [0.15, 0.2) is 5.82 Å². The third kappa shape index (κ3) is 5.58. The highest BCUT2D eigenvalue weighted by atomic mass is 16.3. The summed E-state index contributed by atoms with van der Waals surface area (Å²) >= 11 is 0. The van der Waals surface area contributed by atoms with Gasteiger partial charge in [-0.05, 0) is 98.1 Å². The van der Waals surface area contributed by atoms with Gasteiger partial charge >= 0.3 is 0 Å². The standard InChI is InChI=1S/C55H38N2O/c1-55(2)47-25-13-11-23-45(47)53-44(24-15-26-48(53)55)42-21-10-9-20-41(42)39-30-38(37-28-29-52-46(33-37)43-22-12-14-27-51(43)58-52)31-40(32-39)50-34-49(35-16-5-3-6-17-35)56-54(57-50)36-18-7-4-8-19-36/h3-34H,1-2H3. The van der Waals surface area contributed by atoms with E-state index in [2.05, 4.69) is 172 Å². The van der Waals surface area contributed by atoms with Crippen molar-refractivity contribution in [1.82, 2.24) is 9.97 Å². The molecule has 0 saturated carbocycles. The Hall–Kier alpha value is -7.36. The number of para-hydroxylation sites is 1. The molecule has 0 amide bonds. The van der Waals surface area contributed by atoms with Gasteiger partial charge in [-0.1, -0.05) is 166 Å². The van der Waals surface area contributed by atoms with Gasteiger partial charge in [-0.3, -0.25) is 0 Å². The molecule has 1 aliphatic rings. The second-order valence-electron chi connectivity index (χ2n) is 15.7. The number of hydrogen-bond donors (Lipinski definition) is 0. The Morgan fingerprint density at radius 1 is 0.362 bits per heavy atom. The minimum absolute atomic E-state index is 0.0974. The number of benzene rings is 8. The summed E-state index contributed by atoms with van der Waals surface area (Å²) in [7, 11) is 0. The summed E-state index contributed by atoms with van der Waals surface area (Å²) in [4.78, 5) is 10.4. The van der Waals surface area contributed by atoms with E-state index < -0.39 is 0 Å².